The molecule has 4 aliphatic heterocycles. The summed E-state index contributed by atoms with van der Waals surface area (Å²) in [6.07, 6.45) is 0.228. The zero-order chi connectivity index (χ0) is 38.8. The fourth-order valence-corrected chi connectivity index (χ4v) is 11.7. The highest BCUT2D eigenvalue weighted by Gasteiger charge is 2.67. The first-order chi connectivity index (χ1) is 26.3. The summed E-state index contributed by atoms with van der Waals surface area (Å²) >= 11 is 0. The Morgan fingerprint density at radius 2 is 1.75 bits per heavy atom. The van der Waals surface area contributed by atoms with E-state index in [4.69, 9.17) is 9.47 Å². The summed E-state index contributed by atoms with van der Waals surface area (Å²) in [6, 6.07) is 25.3. The van der Waals surface area contributed by atoms with Gasteiger partial charge in [0.2, 0.25) is 14.3 Å². The van der Waals surface area contributed by atoms with Crippen molar-refractivity contribution in [2.24, 2.45) is 5.92 Å². The minimum Gasteiger partial charge on any atom is -0.454 e. The van der Waals surface area contributed by atoms with E-state index < -0.39 is 42.4 Å². The van der Waals surface area contributed by atoms with Gasteiger partial charge in [0.1, 0.15) is 5.75 Å². The van der Waals surface area contributed by atoms with Crippen molar-refractivity contribution in [1.29, 1.82) is 0 Å². The molecule has 12 nitrogen and oxygen atoms in total. The fraction of sp³-hybridized carbons (Fsp3) is 0.341. The molecule has 4 aromatic carbocycles. The fourth-order valence-electron chi connectivity index (χ4n) is 9.19. The smallest absolute Gasteiger partial charge is 0.269 e. The Labute approximate surface area is 318 Å². The van der Waals surface area contributed by atoms with Crippen molar-refractivity contribution in [2.45, 2.75) is 69.1 Å². The molecule has 4 aliphatic rings. The largest absolute Gasteiger partial charge is 0.454 e. The third-order valence-corrected chi connectivity index (χ3v) is 14.1. The molecule has 2 saturated heterocycles. The van der Waals surface area contributed by atoms with Crippen LogP contribution in [0.25, 0.3) is 0 Å². The van der Waals surface area contributed by atoms with E-state index in [2.05, 4.69) is 0 Å². The third-order valence-electron chi connectivity index (χ3n) is 11.6. The van der Waals surface area contributed by atoms with Crippen molar-refractivity contribution in [1.82, 2.24) is 4.90 Å². The van der Waals surface area contributed by atoms with Crippen LogP contribution in [0.5, 0.6) is 11.5 Å². The van der Waals surface area contributed by atoms with Crippen molar-refractivity contribution in [3.05, 3.63) is 118 Å². The molecule has 284 valence electrons. The zero-order valence-electron chi connectivity index (χ0n) is 30.7. The average Bonchev–Trinajstić information content (AvgIpc) is 3.80. The second-order valence-corrected chi connectivity index (χ2v) is 19.1. The molecule has 14 heteroatoms. The van der Waals surface area contributed by atoms with Gasteiger partial charge in [0.05, 0.1) is 53.6 Å². The van der Waals surface area contributed by atoms with Crippen LogP contribution in [0.1, 0.15) is 47.7 Å². The molecule has 0 radical (unpaired) electrons. The number of halogens is 1. The molecule has 0 aromatic heterocycles. The predicted molar refractivity (Wildman–Crippen MR) is 205 cm³/mol. The molecule has 2 fully saturated rings. The standard InChI is InChI=1S/C41H41FN4O8Si/c1-25-38(55(2,3)42)36(22-37(48)43-19-9-12-29(43)24-47)54-41(25)31-21-28(46(51)52)17-18-32(31)44(40(41)50)23-26-10-8-11-27(20-26)45-33-14-5-7-16-35(33)53-34-15-6-4-13-30(34)39(45)49/h4-8,10-11,13-18,20-21,25,29,36,38,47H,9,12,19,22-24H2,1-3H3/t25-,29-,36+,38-,41+/m0/s1. The number of rotatable bonds is 8. The van der Waals surface area contributed by atoms with Gasteiger partial charge in [-0.3, -0.25) is 29.4 Å². The number of fused-ring (bicyclic) bond motifs is 4. The number of aliphatic hydroxyl groups is 1. The number of carbonyl (C=O) groups is 3. The SMILES string of the molecule is C[C@H]1[C@H]([Si](C)(C)F)[C@@H](CC(=O)N2CCC[C@H]2CO)O[C@]12C(=O)N(Cc1cccc(N3C(=O)c4ccccc4Oc4ccccc43)c1)c1ccc([N+](=O)[O-])cc12. The Morgan fingerprint density at radius 1 is 1.00 bits per heavy atom. The van der Waals surface area contributed by atoms with Crippen molar-refractivity contribution in [2.75, 3.05) is 23.0 Å². The van der Waals surface area contributed by atoms with Crippen LogP contribution >= 0.6 is 0 Å². The molecule has 4 heterocycles. The number of ether oxygens (including phenoxy) is 2. The molecule has 8 rings (SSSR count). The minimum absolute atomic E-state index is 0.00272. The molecule has 1 N–H and O–H groups in total. The van der Waals surface area contributed by atoms with Crippen molar-refractivity contribution < 1.29 is 38.0 Å². The molecule has 1 spiro atoms. The van der Waals surface area contributed by atoms with Gasteiger partial charge in [-0.1, -0.05) is 43.3 Å². The van der Waals surface area contributed by atoms with Gasteiger partial charge < -0.3 is 28.5 Å². The molecule has 0 bridgehead atoms. The molecule has 55 heavy (non-hydrogen) atoms. The van der Waals surface area contributed by atoms with Crippen LogP contribution in [0.2, 0.25) is 18.6 Å². The monoisotopic (exact) mass is 764 g/mol. The first kappa shape index (κ1) is 36.5. The Balaban J connectivity index is 1.17. The average molecular weight is 765 g/mol. The van der Waals surface area contributed by atoms with E-state index in [0.717, 1.165) is 6.42 Å². The summed E-state index contributed by atoms with van der Waals surface area (Å²) in [7, 11) is -3.65. The van der Waals surface area contributed by atoms with E-state index in [1.54, 1.807) is 71.3 Å². The van der Waals surface area contributed by atoms with Crippen molar-refractivity contribution in [3.63, 3.8) is 0 Å². The number of nitro benzene ring substituents is 1. The van der Waals surface area contributed by atoms with E-state index in [9.17, 15) is 24.8 Å². The third kappa shape index (κ3) is 5.99. The van der Waals surface area contributed by atoms with E-state index in [0.29, 0.717) is 52.7 Å². The number of likely N-dealkylation sites (tertiary alicyclic amines) is 1. The summed E-state index contributed by atoms with van der Waals surface area (Å²) in [6.45, 7) is 5.08. The number of aliphatic hydroxyl groups excluding tert-OH is 1. The second-order valence-electron chi connectivity index (χ2n) is 15.3. The van der Waals surface area contributed by atoms with Gasteiger partial charge in [0.25, 0.3) is 17.5 Å². The molecule has 0 unspecified atom stereocenters. The van der Waals surface area contributed by atoms with Crippen LogP contribution in [-0.2, 0) is 26.5 Å². The lowest BCUT2D eigenvalue weighted by atomic mass is 9.82. The highest BCUT2D eigenvalue weighted by atomic mass is 28.4. The van der Waals surface area contributed by atoms with Crippen LogP contribution in [0.4, 0.5) is 26.9 Å². The lowest BCUT2D eigenvalue weighted by Crippen LogP contribution is -2.45. The zero-order valence-corrected chi connectivity index (χ0v) is 31.7. The number of hydrogen-bond donors (Lipinski definition) is 1. The highest BCUT2D eigenvalue weighted by Crippen LogP contribution is 2.61. The number of amides is 3. The molecule has 0 saturated carbocycles. The quantitative estimate of drug-likeness (QED) is 0.0848. The van der Waals surface area contributed by atoms with Gasteiger partial charge in [-0.25, -0.2) is 0 Å². The molecule has 4 aromatic rings. The normalized spacial score (nSPS) is 24.4. The molecule has 5 atom stereocenters. The number of non-ortho nitro benzene ring substituents is 1. The Bertz CT molecular complexity index is 2230. The molecule has 0 aliphatic carbocycles. The second kappa shape index (κ2) is 13.7. The first-order valence-electron chi connectivity index (χ1n) is 18.5. The number of nitro groups is 1. The number of nitrogens with zero attached hydrogens (tertiary/aromatic N) is 4. The van der Waals surface area contributed by atoms with E-state index in [1.807, 2.05) is 18.2 Å². The summed E-state index contributed by atoms with van der Waals surface area (Å²) in [5, 5.41) is 22.0. The topological polar surface area (TPSA) is 143 Å². The van der Waals surface area contributed by atoms with Gasteiger partial charge in [-0.2, -0.15) is 0 Å². The minimum atomic E-state index is -3.65. The van der Waals surface area contributed by atoms with Gasteiger partial charge in [-0.05, 0) is 74.0 Å². The maximum Gasteiger partial charge on any atom is 0.269 e. The Hall–Kier alpha value is -5.44. The lowest BCUT2D eigenvalue weighted by Gasteiger charge is -2.31. The van der Waals surface area contributed by atoms with Crippen molar-refractivity contribution >= 4 is 48.9 Å². The number of anilines is 3. The summed E-state index contributed by atoms with van der Waals surface area (Å²) in [4.78, 5) is 59.1. The van der Waals surface area contributed by atoms with E-state index in [-0.39, 0.29) is 48.7 Å². The summed E-state index contributed by atoms with van der Waals surface area (Å²) in [5.41, 5.74) is -0.121. The maximum atomic E-state index is 16.5. The Morgan fingerprint density at radius 3 is 2.49 bits per heavy atom. The number of para-hydroxylation sites is 3. The van der Waals surface area contributed by atoms with Crippen LogP contribution in [0.3, 0.4) is 0 Å². The highest BCUT2D eigenvalue weighted by molar-refractivity contribution is 6.72. The van der Waals surface area contributed by atoms with Crippen LogP contribution in [0.15, 0.2) is 91.0 Å². The van der Waals surface area contributed by atoms with Gasteiger partial charge >= 0.3 is 0 Å². The predicted octanol–water partition coefficient (Wildman–Crippen LogP) is 7.37. The molecule has 3 amide bonds. The van der Waals surface area contributed by atoms with Crippen LogP contribution in [-0.4, -0.2) is 66.4 Å². The van der Waals surface area contributed by atoms with Crippen LogP contribution in [0, 0.1) is 16.0 Å². The number of carbonyl (C=O) groups excluding carboxylic acids is 3. The van der Waals surface area contributed by atoms with Gasteiger partial charge in [0.15, 0.2) is 11.4 Å². The number of hydrogen-bond acceptors (Lipinski definition) is 8. The first-order valence-corrected chi connectivity index (χ1v) is 21.5. The van der Waals surface area contributed by atoms with Crippen molar-refractivity contribution in [3.8, 4) is 11.5 Å². The van der Waals surface area contributed by atoms with Gasteiger partial charge in [0, 0.05) is 41.4 Å². The number of benzene rings is 4. The van der Waals surface area contributed by atoms with Crippen LogP contribution < -0.4 is 14.5 Å². The lowest BCUT2D eigenvalue weighted by molar-refractivity contribution is -0.385. The summed E-state index contributed by atoms with van der Waals surface area (Å²) in [5.74, 6) is -0.959. The van der Waals surface area contributed by atoms with E-state index in [1.165, 1.54) is 36.2 Å². The Kier molecular flexibility index (Phi) is 9.09. The maximum absolute atomic E-state index is 16.5. The summed E-state index contributed by atoms with van der Waals surface area (Å²) < 4.78 is 29.4. The molecular formula is C41H41FN4O8Si. The molecular weight excluding hydrogens is 724 g/mol. The van der Waals surface area contributed by atoms with E-state index >= 15 is 8.90 Å². The van der Waals surface area contributed by atoms with Gasteiger partial charge in [-0.15, -0.1) is 0 Å².